The molecule has 1 fully saturated rings. The molecule has 1 heterocycles. The third-order valence-electron chi connectivity index (χ3n) is 3.53. The van der Waals surface area contributed by atoms with Crippen LogP contribution in [-0.4, -0.2) is 35.8 Å². The molecule has 0 aromatic heterocycles. The molecule has 98 valence electrons. The minimum absolute atomic E-state index is 0.0218. The Balaban J connectivity index is 2.90. The van der Waals surface area contributed by atoms with Crippen molar-refractivity contribution in [3.05, 3.63) is 0 Å². The summed E-state index contributed by atoms with van der Waals surface area (Å²) in [6.45, 7) is 11.1. The third kappa shape index (κ3) is 3.20. The summed E-state index contributed by atoms with van der Waals surface area (Å²) >= 11 is 0. The van der Waals surface area contributed by atoms with Crippen molar-refractivity contribution in [3.8, 4) is 0 Å². The summed E-state index contributed by atoms with van der Waals surface area (Å²) in [7, 11) is 0. The molecule has 0 radical (unpaired) electrons. The van der Waals surface area contributed by atoms with Gasteiger partial charge in [0.15, 0.2) is 0 Å². The van der Waals surface area contributed by atoms with Gasteiger partial charge in [-0.25, -0.2) is 0 Å². The third-order valence-corrected chi connectivity index (χ3v) is 3.53. The van der Waals surface area contributed by atoms with Gasteiger partial charge in [0.25, 0.3) is 0 Å². The fourth-order valence-electron chi connectivity index (χ4n) is 2.09. The second kappa shape index (κ2) is 5.07. The zero-order chi connectivity index (χ0) is 13.2. The molecule has 0 saturated carbocycles. The van der Waals surface area contributed by atoms with E-state index < -0.39 is 0 Å². The Morgan fingerprint density at radius 1 is 1.41 bits per heavy atom. The summed E-state index contributed by atoms with van der Waals surface area (Å²) in [4.78, 5) is 25.6. The second-order valence-electron chi connectivity index (χ2n) is 5.95. The van der Waals surface area contributed by atoms with E-state index in [1.807, 2.05) is 13.8 Å². The number of nitrogens with one attached hydrogen (secondary N) is 1. The molecule has 1 aliphatic heterocycles. The van der Waals surface area contributed by atoms with Gasteiger partial charge in [0, 0.05) is 6.54 Å². The van der Waals surface area contributed by atoms with Crippen molar-refractivity contribution in [1.29, 1.82) is 0 Å². The SMILES string of the molecule is CCC(C)(C)CN1C(=O)CNC(=O)C1C(C)C. The molecule has 2 amide bonds. The number of carbonyl (C=O) groups excluding carboxylic acids is 2. The van der Waals surface area contributed by atoms with Crippen molar-refractivity contribution in [2.24, 2.45) is 11.3 Å². The van der Waals surface area contributed by atoms with Gasteiger partial charge in [0.1, 0.15) is 6.04 Å². The van der Waals surface area contributed by atoms with Crippen LogP contribution in [-0.2, 0) is 9.59 Å². The van der Waals surface area contributed by atoms with E-state index in [0.717, 1.165) is 6.42 Å². The minimum atomic E-state index is -0.318. The maximum atomic E-state index is 12.0. The molecule has 17 heavy (non-hydrogen) atoms. The number of hydrogen-bond donors (Lipinski definition) is 1. The fourth-order valence-corrected chi connectivity index (χ4v) is 2.09. The van der Waals surface area contributed by atoms with Crippen LogP contribution in [0.5, 0.6) is 0 Å². The molecule has 1 N–H and O–H groups in total. The fraction of sp³-hybridized carbons (Fsp3) is 0.846. The highest BCUT2D eigenvalue weighted by molar-refractivity contribution is 5.95. The van der Waals surface area contributed by atoms with Gasteiger partial charge in [-0.1, -0.05) is 34.6 Å². The zero-order valence-electron chi connectivity index (χ0n) is 11.5. The van der Waals surface area contributed by atoms with Crippen LogP contribution in [0.15, 0.2) is 0 Å². The van der Waals surface area contributed by atoms with Gasteiger partial charge < -0.3 is 10.2 Å². The van der Waals surface area contributed by atoms with Crippen LogP contribution in [0.1, 0.15) is 41.0 Å². The number of hydrogen-bond acceptors (Lipinski definition) is 2. The average Bonchev–Trinajstić information content (AvgIpc) is 2.23. The molecule has 4 nitrogen and oxygen atoms in total. The van der Waals surface area contributed by atoms with Crippen LogP contribution < -0.4 is 5.32 Å². The lowest BCUT2D eigenvalue weighted by atomic mass is 9.87. The first-order valence-electron chi connectivity index (χ1n) is 6.35. The van der Waals surface area contributed by atoms with Gasteiger partial charge >= 0.3 is 0 Å². The average molecular weight is 240 g/mol. The molecular weight excluding hydrogens is 216 g/mol. The molecule has 1 saturated heterocycles. The lowest BCUT2D eigenvalue weighted by Crippen LogP contribution is -2.61. The molecule has 1 atom stereocenters. The Morgan fingerprint density at radius 2 is 2.00 bits per heavy atom. The van der Waals surface area contributed by atoms with E-state index in [0.29, 0.717) is 6.54 Å². The van der Waals surface area contributed by atoms with Crippen molar-refractivity contribution >= 4 is 11.8 Å². The predicted octanol–water partition coefficient (Wildman–Crippen LogP) is 1.41. The quantitative estimate of drug-likeness (QED) is 0.807. The molecule has 0 bridgehead atoms. The van der Waals surface area contributed by atoms with Gasteiger partial charge in [-0.2, -0.15) is 0 Å². The highest BCUT2D eigenvalue weighted by Crippen LogP contribution is 2.25. The first-order chi connectivity index (χ1) is 7.78. The van der Waals surface area contributed by atoms with Crippen molar-refractivity contribution in [2.75, 3.05) is 13.1 Å². The highest BCUT2D eigenvalue weighted by Gasteiger charge is 2.38. The lowest BCUT2D eigenvalue weighted by molar-refractivity contribution is -0.149. The first-order valence-corrected chi connectivity index (χ1v) is 6.35. The number of carbonyl (C=O) groups is 2. The maximum absolute atomic E-state index is 12.0. The smallest absolute Gasteiger partial charge is 0.243 e. The molecule has 4 heteroatoms. The molecule has 1 aliphatic rings. The molecule has 0 spiro atoms. The van der Waals surface area contributed by atoms with Crippen molar-refractivity contribution in [3.63, 3.8) is 0 Å². The zero-order valence-corrected chi connectivity index (χ0v) is 11.5. The first kappa shape index (κ1) is 14.0. The van der Waals surface area contributed by atoms with E-state index in [2.05, 4.69) is 26.1 Å². The number of rotatable bonds is 4. The van der Waals surface area contributed by atoms with Gasteiger partial charge in [-0.3, -0.25) is 9.59 Å². The van der Waals surface area contributed by atoms with E-state index in [4.69, 9.17) is 0 Å². The molecule has 0 aromatic carbocycles. The topological polar surface area (TPSA) is 49.4 Å². The van der Waals surface area contributed by atoms with Crippen molar-refractivity contribution in [1.82, 2.24) is 10.2 Å². The van der Waals surface area contributed by atoms with Gasteiger partial charge in [-0.05, 0) is 17.8 Å². The Morgan fingerprint density at radius 3 is 2.47 bits per heavy atom. The van der Waals surface area contributed by atoms with E-state index in [9.17, 15) is 9.59 Å². The standard InChI is InChI=1S/C13H24N2O2/c1-6-13(4,5)8-15-10(16)7-14-12(17)11(15)9(2)3/h9,11H,6-8H2,1-5H3,(H,14,17). The van der Waals surface area contributed by atoms with E-state index in [1.165, 1.54) is 0 Å². The normalized spacial score (nSPS) is 22.0. The summed E-state index contributed by atoms with van der Waals surface area (Å²) in [6, 6.07) is -0.318. The molecule has 1 unspecified atom stereocenters. The molecular formula is C13H24N2O2. The maximum Gasteiger partial charge on any atom is 0.243 e. The van der Waals surface area contributed by atoms with E-state index >= 15 is 0 Å². The number of amides is 2. The monoisotopic (exact) mass is 240 g/mol. The lowest BCUT2D eigenvalue weighted by Gasteiger charge is -2.41. The largest absolute Gasteiger partial charge is 0.345 e. The minimum Gasteiger partial charge on any atom is -0.345 e. The van der Waals surface area contributed by atoms with Crippen LogP contribution >= 0.6 is 0 Å². The molecule has 1 rings (SSSR count). The van der Waals surface area contributed by atoms with Gasteiger partial charge in [0.05, 0.1) is 6.54 Å². The Kier molecular flexibility index (Phi) is 4.17. The van der Waals surface area contributed by atoms with Crippen molar-refractivity contribution < 1.29 is 9.59 Å². The van der Waals surface area contributed by atoms with Crippen LogP contribution in [0.3, 0.4) is 0 Å². The van der Waals surface area contributed by atoms with E-state index in [1.54, 1.807) is 4.90 Å². The van der Waals surface area contributed by atoms with Crippen LogP contribution in [0.4, 0.5) is 0 Å². The van der Waals surface area contributed by atoms with Gasteiger partial charge in [0.2, 0.25) is 11.8 Å². The Bertz CT molecular complexity index is 311. The summed E-state index contributed by atoms with van der Waals surface area (Å²) in [5.74, 6) is 0.156. The number of piperazine rings is 1. The predicted molar refractivity (Wildman–Crippen MR) is 67.4 cm³/mol. The Hall–Kier alpha value is -1.06. The van der Waals surface area contributed by atoms with Crippen LogP contribution in [0.2, 0.25) is 0 Å². The number of nitrogens with zero attached hydrogens (tertiary/aromatic N) is 1. The Labute approximate surface area is 104 Å². The molecule has 0 aliphatic carbocycles. The van der Waals surface area contributed by atoms with Gasteiger partial charge in [-0.15, -0.1) is 0 Å². The highest BCUT2D eigenvalue weighted by atomic mass is 16.2. The summed E-state index contributed by atoms with van der Waals surface area (Å²) < 4.78 is 0. The van der Waals surface area contributed by atoms with Crippen LogP contribution in [0.25, 0.3) is 0 Å². The van der Waals surface area contributed by atoms with Crippen LogP contribution in [0, 0.1) is 11.3 Å². The summed E-state index contributed by atoms with van der Waals surface area (Å²) in [5.41, 5.74) is 0.0560. The van der Waals surface area contributed by atoms with E-state index in [-0.39, 0.29) is 35.7 Å². The molecule has 0 aromatic rings. The second-order valence-corrected chi connectivity index (χ2v) is 5.95. The summed E-state index contributed by atoms with van der Waals surface area (Å²) in [6.07, 6.45) is 0.989. The summed E-state index contributed by atoms with van der Waals surface area (Å²) in [5, 5.41) is 2.67. The van der Waals surface area contributed by atoms with Crippen molar-refractivity contribution in [2.45, 2.75) is 47.1 Å².